The quantitative estimate of drug-likeness (QED) is 0.370. The second-order valence-corrected chi connectivity index (χ2v) is 11.7. The van der Waals surface area contributed by atoms with Gasteiger partial charge in [-0.3, -0.25) is 13.9 Å². The third-order valence-electron chi connectivity index (χ3n) is 5.96. The number of sulfonamides is 1. The standard InChI is InChI=1S/C28H32BrN3O4S/c1-5-30-28(34)22(4)31(18-23-8-6-7-21(3)17-23)27(33)19-32(25-13-11-24(29)12-14-25)37(35,36)26-15-9-20(2)10-16-26/h6-17,22H,5,18-19H2,1-4H3,(H,30,34)/t22-/m0/s1. The summed E-state index contributed by atoms with van der Waals surface area (Å²) >= 11 is 3.38. The molecule has 3 aromatic carbocycles. The fraction of sp³-hybridized carbons (Fsp3) is 0.286. The number of amides is 2. The third-order valence-corrected chi connectivity index (χ3v) is 8.27. The predicted molar refractivity (Wildman–Crippen MR) is 150 cm³/mol. The number of halogens is 1. The lowest BCUT2D eigenvalue weighted by Gasteiger charge is -2.32. The number of rotatable bonds is 10. The van der Waals surface area contributed by atoms with E-state index in [9.17, 15) is 18.0 Å². The van der Waals surface area contributed by atoms with Crippen LogP contribution in [0.15, 0.2) is 82.2 Å². The molecule has 0 spiro atoms. The number of likely N-dealkylation sites (N-methyl/N-ethyl adjacent to an activating group) is 1. The smallest absolute Gasteiger partial charge is 0.264 e. The molecule has 0 aliphatic rings. The van der Waals surface area contributed by atoms with Crippen molar-refractivity contribution in [2.24, 2.45) is 0 Å². The third kappa shape index (κ3) is 7.20. The van der Waals surface area contributed by atoms with Crippen molar-refractivity contribution in [1.29, 1.82) is 0 Å². The molecule has 2 amide bonds. The first-order chi connectivity index (χ1) is 17.5. The van der Waals surface area contributed by atoms with E-state index in [4.69, 9.17) is 0 Å². The summed E-state index contributed by atoms with van der Waals surface area (Å²) < 4.78 is 29.4. The van der Waals surface area contributed by atoms with Gasteiger partial charge in [0.15, 0.2) is 0 Å². The highest BCUT2D eigenvalue weighted by Gasteiger charge is 2.32. The zero-order valence-corrected chi connectivity index (χ0v) is 23.8. The van der Waals surface area contributed by atoms with Gasteiger partial charge in [0, 0.05) is 17.6 Å². The minimum Gasteiger partial charge on any atom is -0.355 e. The maximum absolute atomic E-state index is 13.8. The largest absolute Gasteiger partial charge is 0.355 e. The number of hydrogen-bond acceptors (Lipinski definition) is 4. The fourth-order valence-corrected chi connectivity index (χ4v) is 5.56. The molecule has 9 heteroatoms. The van der Waals surface area contributed by atoms with Crippen molar-refractivity contribution in [3.05, 3.63) is 94.0 Å². The number of anilines is 1. The van der Waals surface area contributed by atoms with E-state index in [1.165, 1.54) is 17.0 Å². The Morgan fingerprint density at radius 2 is 1.59 bits per heavy atom. The van der Waals surface area contributed by atoms with Crippen molar-refractivity contribution in [2.75, 3.05) is 17.4 Å². The first-order valence-electron chi connectivity index (χ1n) is 12.0. The molecule has 0 bridgehead atoms. The van der Waals surface area contributed by atoms with E-state index in [1.54, 1.807) is 50.2 Å². The second-order valence-electron chi connectivity index (χ2n) is 8.88. The summed E-state index contributed by atoms with van der Waals surface area (Å²) in [6.45, 7) is 7.40. The van der Waals surface area contributed by atoms with Crippen molar-refractivity contribution in [3.63, 3.8) is 0 Å². The lowest BCUT2D eigenvalue weighted by molar-refractivity contribution is -0.139. The molecular formula is C28H32BrN3O4S. The Morgan fingerprint density at radius 3 is 2.19 bits per heavy atom. The summed E-state index contributed by atoms with van der Waals surface area (Å²) in [5, 5.41) is 2.76. The zero-order valence-electron chi connectivity index (χ0n) is 21.4. The molecule has 0 fully saturated rings. The molecule has 3 rings (SSSR count). The lowest BCUT2D eigenvalue weighted by Crippen LogP contribution is -2.51. The summed E-state index contributed by atoms with van der Waals surface area (Å²) in [7, 11) is -4.08. The lowest BCUT2D eigenvalue weighted by atomic mass is 10.1. The Hall–Kier alpha value is -3.17. The van der Waals surface area contributed by atoms with Gasteiger partial charge in [0.1, 0.15) is 12.6 Å². The average Bonchev–Trinajstić information content (AvgIpc) is 2.86. The first-order valence-corrected chi connectivity index (χ1v) is 14.2. The van der Waals surface area contributed by atoms with Gasteiger partial charge < -0.3 is 10.2 Å². The minimum atomic E-state index is -4.08. The van der Waals surface area contributed by atoms with Gasteiger partial charge in [-0.25, -0.2) is 8.42 Å². The number of aryl methyl sites for hydroxylation is 2. The SMILES string of the molecule is CCNC(=O)[C@H](C)N(Cc1cccc(C)c1)C(=O)CN(c1ccc(Br)cc1)S(=O)(=O)c1ccc(C)cc1. The van der Waals surface area contributed by atoms with Gasteiger partial charge in [-0.2, -0.15) is 0 Å². The molecule has 7 nitrogen and oxygen atoms in total. The summed E-state index contributed by atoms with van der Waals surface area (Å²) in [6.07, 6.45) is 0. The van der Waals surface area contributed by atoms with Crippen LogP contribution in [0.25, 0.3) is 0 Å². The van der Waals surface area contributed by atoms with Crippen LogP contribution in [0, 0.1) is 13.8 Å². The second kappa shape index (κ2) is 12.4. The molecule has 0 aliphatic carbocycles. The Morgan fingerprint density at radius 1 is 0.946 bits per heavy atom. The summed E-state index contributed by atoms with van der Waals surface area (Å²) in [6, 6.07) is 20.1. The summed E-state index contributed by atoms with van der Waals surface area (Å²) in [5.74, 6) is -0.793. The molecule has 1 N–H and O–H groups in total. The first kappa shape index (κ1) is 28.4. The number of hydrogen-bond donors (Lipinski definition) is 1. The highest BCUT2D eigenvalue weighted by atomic mass is 79.9. The van der Waals surface area contributed by atoms with Crippen LogP contribution in [0.4, 0.5) is 5.69 Å². The molecule has 0 saturated carbocycles. The van der Waals surface area contributed by atoms with E-state index in [1.807, 2.05) is 38.1 Å². The molecule has 196 valence electrons. The minimum absolute atomic E-state index is 0.0795. The highest BCUT2D eigenvalue weighted by Crippen LogP contribution is 2.26. The molecular weight excluding hydrogens is 554 g/mol. The topological polar surface area (TPSA) is 86.8 Å². The Labute approximate surface area is 227 Å². The summed E-state index contributed by atoms with van der Waals surface area (Å²) in [5.41, 5.74) is 3.14. The highest BCUT2D eigenvalue weighted by molar-refractivity contribution is 9.10. The number of nitrogens with zero attached hydrogens (tertiary/aromatic N) is 2. The average molecular weight is 587 g/mol. The van der Waals surface area contributed by atoms with E-state index in [0.717, 1.165) is 25.5 Å². The molecule has 0 aromatic heterocycles. The number of carbonyl (C=O) groups excluding carboxylic acids is 2. The van der Waals surface area contributed by atoms with Crippen LogP contribution in [0.2, 0.25) is 0 Å². The normalized spacial score (nSPS) is 12.0. The molecule has 0 aliphatic heterocycles. The molecule has 0 unspecified atom stereocenters. The Kier molecular flexibility index (Phi) is 9.50. The van der Waals surface area contributed by atoms with E-state index < -0.39 is 28.5 Å². The van der Waals surface area contributed by atoms with E-state index in [0.29, 0.717) is 12.2 Å². The van der Waals surface area contributed by atoms with Gasteiger partial charge in [0.05, 0.1) is 10.6 Å². The van der Waals surface area contributed by atoms with Gasteiger partial charge in [-0.05, 0) is 69.7 Å². The Balaban J connectivity index is 2.02. The Bertz CT molecular complexity index is 1340. The molecule has 1 atom stereocenters. The van der Waals surface area contributed by atoms with E-state index in [2.05, 4.69) is 21.2 Å². The van der Waals surface area contributed by atoms with Crippen LogP contribution in [0.5, 0.6) is 0 Å². The van der Waals surface area contributed by atoms with Crippen molar-refractivity contribution in [2.45, 2.75) is 45.2 Å². The number of nitrogens with one attached hydrogen (secondary N) is 1. The molecule has 0 heterocycles. The molecule has 0 radical (unpaired) electrons. The van der Waals surface area contributed by atoms with Crippen LogP contribution in [0.3, 0.4) is 0 Å². The fourth-order valence-electron chi connectivity index (χ4n) is 3.89. The van der Waals surface area contributed by atoms with Crippen molar-refractivity contribution in [3.8, 4) is 0 Å². The maximum Gasteiger partial charge on any atom is 0.264 e. The van der Waals surface area contributed by atoms with Gasteiger partial charge in [-0.15, -0.1) is 0 Å². The van der Waals surface area contributed by atoms with E-state index >= 15 is 0 Å². The van der Waals surface area contributed by atoms with Gasteiger partial charge in [-0.1, -0.05) is 63.5 Å². The molecule has 37 heavy (non-hydrogen) atoms. The van der Waals surface area contributed by atoms with E-state index in [-0.39, 0.29) is 17.3 Å². The van der Waals surface area contributed by atoms with Crippen LogP contribution in [0.1, 0.15) is 30.5 Å². The maximum atomic E-state index is 13.8. The van der Waals surface area contributed by atoms with Crippen LogP contribution in [-0.2, 0) is 26.2 Å². The number of carbonyl (C=O) groups is 2. The summed E-state index contributed by atoms with van der Waals surface area (Å²) in [4.78, 5) is 28.0. The zero-order chi connectivity index (χ0) is 27.2. The van der Waals surface area contributed by atoms with Gasteiger partial charge in [0.25, 0.3) is 10.0 Å². The monoisotopic (exact) mass is 585 g/mol. The molecule has 0 saturated heterocycles. The predicted octanol–water partition coefficient (Wildman–Crippen LogP) is 4.81. The van der Waals surface area contributed by atoms with Gasteiger partial charge >= 0.3 is 0 Å². The van der Waals surface area contributed by atoms with Crippen LogP contribution in [-0.4, -0.2) is 44.3 Å². The van der Waals surface area contributed by atoms with Crippen molar-refractivity contribution in [1.82, 2.24) is 10.2 Å². The van der Waals surface area contributed by atoms with Gasteiger partial charge in [0.2, 0.25) is 11.8 Å². The van der Waals surface area contributed by atoms with Crippen molar-refractivity contribution >= 4 is 43.5 Å². The van der Waals surface area contributed by atoms with Crippen LogP contribution >= 0.6 is 15.9 Å². The van der Waals surface area contributed by atoms with Crippen molar-refractivity contribution < 1.29 is 18.0 Å². The van der Waals surface area contributed by atoms with Crippen LogP contribution < -0.4 is 9.62 Å². The molecule has 3 aromatic rings. The number of benzene rings is 3.